The van der Waals surface area contributed by atoms with Crippen molar-refractivity contribution >= 4 is 17.4 Å². The second-order valence-corrected chi connectivity index (χ2v) is 4.61. The van der Waals surface area contributed by atoms with Gasteiger partial charge in [0.1, 0.15) is 0 Å². The molecule has 2 aliphatic rings. The van der Waals surface area contributed by atoms with Crippen LogP contribution in [-0.4, -0.2) is 35.9 Å². The Morgan fingerprint density at radius 2 is 2.33 bits per heavy atom. The van der Waals surface area contributed by atoms with E-state index in [1.165, 1.54) is 13.0 Å². The molecule has 80 valence electrons. The number of piperidine rings is 1. The van der Waals surface area contributed by atoms with Crippen LogP contribution in [-0.2, 0) is 0 Å². The third kappa shape index (κ3) is 1.68. The van der Waals surface area contributed by atoms with Gasteiger partial charge in [-0.05, 0) is 31.0 Å². The average molecular weight is 225 g/mol. The van der Waals surface area contributed by atoms with Crippen molar-refractivity contribution in [3.63, 3.8) is 0 Å². The second-order valence-electron chi connectivity index (χ2n) is 4.22. The van der Waals surface area contributed by atoms with E-state index in [1.54, 1.807) is 6.07 Å². The first-order valence-corrected chi connectivity index (χ1v) is 5.68. The number of halogens is 1. The summed E-state index contributed by atoms with van der Waals surface area (Å²) >= 11 is 5.71. The first-order chi connectivity index (χ1) is 7.33. The van der Waals surface area contributed by atoms with Crippen LogP contribution in [0.2, 0.25) is 5.15 Å². The summed E-state index contributed by atoms with van der Waals surface area (Å²) in [5, 5.41) is 11.9. The molecule has 0 amide bonds. The number of hydrogen-bond acceptors (Lipinski definition) is 4. The molecule has 2 fully saturated rings. The van der Waals surface area contributed by atoms with Gasteiger partial charge in [0.25, 0.3) is 0 Å². The summed E-state index contributed by atoms with van der Waals surface area (Å²) in [5.41, 5.74) is 0. The number of nitrogens with one attached hydrogen (secondary N) is 1. The molecule has 0 aromatic carbocycles. The molecule has 0 unspecified atom stereocenters. The zero-order chi connectivity index (χ0) is 10.3. The summed E-state index contributed by atoms with van der Waals surface area (Å²) in [6, 6.07) is 4.38. The number of aromatic nitrogens is 2. The standard InChI is InChI=1S/C10H13ClN4/c11-9-1-2-10(14-13-9)15-4-3-7-5-12-8(7)6-15/h1-2,7-8,12H,3-6H2/t7-,8-/m1/s1. The van der Waals surface area contributed by atoms with Crippen molar-refractivity contribution in [2.24, 2.45) is 5.92 Å². The van der Waals surface area contributed by atoms with Crippen molar-refractivity contribution in [3.05, 3.63) is 17.3 Å². The Labute approximate surface area is 93.6 Å². The van der Waals surface area contributed by atoms with Gasteiger partial charge in [-0.2, -0.15) is 0 Å². The van der Waals surface area contributed by atoms with Crippen LogP contribution in [0, 0.1) is 5.92 Å². The molecule has 0 spiro atoms. The summed E-state index contributed by atoms with van der Waals surface area (Å²) in [6.45, 7) is 3.31. The van der Waals surface area contributed by atoms with E-state index in [1.807, 2.05) is 6.07 Å². The number of hydrogen-bond donors (Lipinski definition) is 1. The van der Waals surface area contributed by atoms with Gasteiger partial charge in [0.05, 0.1) is 0 Å². The van der Waals surface area contributed by atoms with Gasteiger partial charge in [0.15, 0.2) is 11.0 Å². The maximum Gasteiger partial charge on any atom is 0.151 e. The van der Waals surface area contributed by atoms with Gasteiger partial charge in [-0.1, -0.05) is 11.6 Å². The monoisotopic (exact) mass is 224 g/mol. The molecule has 1 aromatic heterocycles. The van der Waals surface area contributed by atoms with Crippen molar-refractivity contribution in [1.29, 1.82) is 0 Å². The highest BCUT2D eigenvalue weighted by molar-refractivity contribution is 6.29. The Morgan fingerprint density at radius 3 is 2.93 bits per heavy atom. The van der Waals surface area contributed by atoms with Crippen LogP contribution >= 0.6 is 11.6 Å². The largest absolute Gasteiger partial charge is 0.354 e. The van der Waals surface area contributed by atoms with E-state index in [0.717, 1.165) is 24.8 Å². The van der Waals surface area contributed by atoms with Gasteiger partial charge in [-0.15, -0.1) is 10.2 Å². The van der Waals surface area contributed by atoms with Gasteiger partial charge in [-0.3, -0.25) is 0 Å². The molecule has 1 aromatic rings. The molecule has 2 atom stereocenters. The third-order valence-electron chi connectivity index (χ3n) is 3.34. The lowest BCUT2D eigenvalue weighted by Crippen LogP contribution is -2.62. The van der Waals surface area contributed by atoms with E-state index in [-0.39, 0.29) is 0 Å². The molecule has 0 radical (unpaired) electrons. The van der Waals surface area contributed by atoms with Crippen LogP contribution in [0.15, 0.2) is 12.1 Å². The summed E-state index contributed by atoms with van der Waals surface area (Å²) in [5.74, 6) is 1.81. The van der Waals surface area contributed by atoms with Gasteiger partial charge < -0.3 is 10.2 Å². The quantitative estimate of drug-likeness (QED) is 0.771. The molecule has 2 saturated heterocycles. The normalized spacial score (nSPS) is 29.5. The van der Waals surface area contributed by atoms with Gasteiger partial charge in [0, 0.05) is 19.1 Å². The van der Waals surface area contributed by atoms with Crippen LogP contribution in [0.5, 0.6) is 0 Å². The van der Waals surface area contributed by atoms with E-state index in [9.17, 15) is 0 Å². The predicted octanol–water partition coefficient (Wildman–Crippen LogP) is 0.928. The first kappa shape index (κ1) is 9.36. The molecule has 0 saturated carbocycles. The van der Waals surface area contributed by atoms with Crippen molar-refractivity contribution in [2.45, 2.75) is 12.5 Å². The fraction of sp³-hybridized carbons (Fsp3) is 0.600. The Morgan fingerprint density at radius 1 is 1.40 bits per heavy atom. The van der Waals surface area contributed by atoms with E-state index in [0.29, 0.717) is 11.2 Å². The Balaban J connectivity index is 1.74. The Hall–Kier alpha value is -0.870. The lowest BCUT2D eigenvalue weighted by Gasteiger charge is -2.46. The summed E-state index contributed by atoms with van der Waals surface area (Å²) in [6.07, 6.45) is 1.25. The lowest BCUT2D eigenvalue weighted by atomic mass is 9.85. The minimum absolute atomic E-state index is 0.454. The van der Waals surface area contributed by atoms with Crippen molar-refractivity contribution in [1.82, 2.24) is 15.5 Å². The maximum absolute atomic E-state index is 5.71. The van der Waals surface area contributed by atoms with Gasteiger partial charge >= 0.3 is 0 Å². The fourth-order valence-corrected chi connectivity index (χ4v) is 2.40. The first-order valence-electron chi connectivity index (χ1n) is 5.30. The van der Waals surface area contributed by atoms with Crippen LogP contribution < -0.4 is 10.2 Å². The highest BCUT2D eigenvalue weighted by Gasteiger charge is 2.35. The number of fused-ring (bicyclic) bond motifs is 1. The average Bonchev–Trinajstić information content (AvgIpc) is 2.22. The number of nitrogens with zero attached hydrogens (tertiary/aromatic N) is 3. The predicted molar refractivity (Wildman–Crippen MR) is 59.2 cm³/mol. The molecule has 3 rings (SSSR count). The fourth-order valence-electron chi connectivity index (χ4n) is 2.30. The zero-order valence-electron chi connectivity index (χ0n) is 8.36. The highest BCUT2D eigenvalue weighted by atomic mass is 35.5. The maximum atomic E-state index is 5.71. The molecule has 1 N–H and O–H groups in total. The second kappa shape index (κ2) is 3.61. The van der Waals surface area contributed by atoms with E-state index in [2.05, 4.69) is 20.4 Å². The van der Waals surface area contributed by atoms with E-state index >= 15 is 0 Å². The molecule has 2 aliphatic heterocycles. The van der Waals surface area contributed by atoms with E-state index < -0.39 is 0 Å². The molecule has 0 aliphatic carbocycles. The van der Waals surface area contributed by atoms with Crippen molar-refractivity contribution in [2.75, 3.05) is 24.5 Å². The molecular weight excluding hydrogens is 212 g/mol. The summed E-state index contributed by atoms with van der Waals surface area (Å²) in [7, 11) is 0. The lowest BCUT2D eigenvalue weighted by molar-refractivity contribution is 0.196. The summed E-state index contributed by atoms with van der Waals surface area (Å²) in [4.78, 5) is 2.27. The van der Waals surface area contributed by atoms with Crippen LogP contribution in [0.1, 0.15) is 6.42 Å². The molecule has 4 nitrogen and oxygen atoms in total. The number of rotatable bonds is 1. The molecular formula is C10H13ClN4. The Kier molecular flexibility index (Phi) is 2.25. The third-order valence-corrected chi connectivity index (χ3v) is 3.54. The molecule has 3 heterocycles. The van der Waals surface area contributed by atoms with Crippen molar-refractivity contribution < 1.29 is 0 Å². The van der Waals surface area contributed by atoms with Crippen molar-refractivity contribution in [3.8, 4) is 0 Å². The molecule has 0 bridgehead atoms. The Bertz CT molecular complexity index is 353. The van der Waals surface area contributed by atoms with E-state index in [4.69, 9.17) is 11.6 Å². The highest BCUT2D eigenvalue weighted by Crippen LogP contribution is 2.26. The number of anilines is 1. The summed E-state index contributed by atoms with van der Waals surface area (Å²) < 4.78 is 0. The SMILES string of the molecule is Clc1ccc(N2CC[C@@H]3CN[C@@H]3C2)nn1. The minimum atomic E-state index is 0.454. The molecule has 5 heteroatoms. The van der Waals surface area contributed by atoms with Crippen LogP contribution in [0.4, 0.5) is 5.82 Å². The zero-order valence-corrected chi connectivity index (χ0v) is 9.11. The topological polar surface area (TPSA) is 41.0 Å². The van der Waals surface area contributed by atoms with Crippen LogP contribution in [0.3, 0.4) is 0 Å². The van der Waals surface area contributed by atoms with Gasteiger partial charge in [0.2, 0.25) is 0 Å². The van der Waals surface area contributed by atoms with Gasteiger partial charge in [-0.25, -0.2) is 0 Å². The van der Waals surface area contributed by atoms with Crippen LogP contribution in [0.25, 0.3) is 0 Å². The molecule has 15 heavy (non-hydrogen) atoms. The minimum Gasteiger partial charge on any atom is -0.354 e. The smallest absolute Gasteiger partial charge is 0.151 e.